The number of carbonyl (C=O) groups is 1. The lowest BCUT2D eigenvalue weighted by Gasteiger charge is -2.23. The molecule has 2 saturated heterocycles. The van der Waals surface area contributed by atoms with Crippen molar-refractivity contribution in [2.75, 3.05) is 26.2 Å². The number of benzene rings is 1. The number of aliphatic hydroxyl groups excluding tert-OH is 1. The Kier molecular flexibility index (Phi) is 5.61. The van der Waals surface area contributed by atoms with Gasteiger partial charge in [-0.05, 0) is 31.9 Å². The Labute approximate surface area is 176 Å². The molecule has 3 heterocycles. The number of likely N-dealkylation sites (tertiary alicyclic amines) is 2. The molecule has 7 nitrogen and oxygen atoms in total. The Hall–Kier alpha value is -2.72. The molecule has 0 aliphatic carbocycles. The summed E-state index contributed by atoms with van der Waals surface area (Å²) in [4.78, 5) is 29.2. The van der Waals surface area contributed by atoms with Crippen LogP contribution in [0.4, 0.5) is 13.2 Å². The zero-order valence-electron chi connectivity index (χ0n) is 17.0. The second-order valence-electron chi connectivity index (χ2n) is 8.06. The first-order valence-electron chi connectivity index (χ1n) is 10.1. The summed E-state index contributed by atoms with van der Waals surface area (Å²) >= 11 is 0. The Morgan fingerprint density at radius 1 is 1.16 bits per heavy atom. The van der Waals surface area contributed by atoms with Gasteiger partial charge in [0, 0.05) is 44.0 Å². The summed E-state index contributed by atoms with van der Waals surface area (Å²) in [5.74, 6) is -0.592. The Balaban J connectivity index is 1.64. The molecule has 1 amide bonds. The monoisotopic (exact) mass is 436 g/mol. The molecule has 2 atom stereocenters. The molecule has 0 spiro atoms. The summed E-state index contributed by atoms with van der Waals surface area (Å²) < 4.78 is 41.4. The first-order chi connectivity index (χ1) is 14.6. The third-order valence-electron chi connectivity index (χ3n) is 5.91. The average Bonchev–Trinajstić information content (AvgIpc) is 3.36. The molecular weight excluding hydrogens is 413 g/mol. The number of aryl methyl sites for hydroxylation is 1. The Morgan fingerprint density at radius 3 is 2.58 bits per heavy atom. The molecule has 4 rings (SSSR count). The van der Waals surface area contributed by atoms with Gasteiger partial charge < -0.3 is 10.0 Å². The number of rotatable bonds is 3. The van der Waals surface area contributed by atoms with Crippen LogP contribution >= 0.6 is 0 Å². The van der Waals surface area contributed by atoms with Gasteiger partial charge >= 0.3 is 6.18 Å². The van der Waals surface area contributed by atoms with E-state index in [1.807, 2.05) is 0 Å². The number of hydrogen-bond donors (Lipinski definition) is 1. The molecule has 2 aliphatic heterocycles. The van der Waals surface area contributed by atoms with Crippen molar-refractivity contribution in [1.29, 1.82) is 0 Å². The van der Waals surface area contributed by atoms with Gasteiger partial charge in [0.15, 0.2) is 5.69 Å². The van der Waals surface area contributed by atoms with Crippen LogP contribution in [0.15, 0.2) is 35.1 Å². The topological polar surface area (TPSA) is 78.7 Å². The summed E-state index contributed by atoms with van der Waals surface area (Å²) in [5, 5.41) is 13.8. The summed E-state index contributed by atoms with van der Waals surface area (Å²) in [6.45, 7) is 3.58. The van der Waals surface area contributed by atoms with Gasteiger partial charge in [0.25, 0.3) is 5.91 Å². The van der Waals surface area contributed by atoms with E-state index in [4.69, 9.17) is 0 Å². The third-order valence-corrected chi connectivity index (χ3v) is 5.91. The van der Waals surface area contributed by atoms with Crippen LogP contribution in [0.5, 0.6) is 0 Å². The van der Waals surface area contributed by atoms with E-state index in [1.165, 1.54) is 30.0 Å². The van der Waals surface area contributed by atoms with Gasteiger partial charge in [0.1, 0.15) is 0 Å². The van der Waals surface area contributed by atoms with E-state index in [0.717, 1.165) is 23.4 Å². The van der Waals surface area contributed by atoms with Gasteiger partial charge in [-0.1, -0.05) is 12.1 Å². The van der Waals surface area contributed by atoms with Gasteiger partial charge in [-0.3, -0.25) is 14.5 Å². The number of β-amino-alcohol motifs (C(OH)–C–C–N with tert-alkyl or cyclic N) is 1. The van der Waals surface area contributed by atoms with Crippen LogP contribution in [-0.2, 0) is 6.18 Å². The number of hydrogen-bond acceptors (Lipinski definition) is 5. The predicted molar refractivity (Wildman–Crippen MR) is 106 cm³/mol. The molecule has 0 saturated carbocycles. The van der Waals surface area contributed by atoms with Crippen LogP contribution in [0.2, 0.25) is 0 Å². The van der Waals surface area contributed by atoms with Crippen LogP contribution in [-0.4, -0.2) is 68.9 Å². The SMILES string of the molecule is Cc1cc(=O)c(C(=O)N2CCC(N3CCC(O)C3)C2)nn1-c1ccccc1C(F)(F)F. The van der Waals surface area contributed by atoms with Crippen LogP contribution in [0, 0.1) is 6.92 Å². The lowest BCUT2D eigenvalue weighted by Crippen LogP contribution is -2.39. The summed E-state index contributed by atoms with van der Waals surface area (Å²) in [7, 11) is 0. The molecule has 2 aromatic rings. The first-order valence-corrected chi connectivity index (χ1v) is 10.1. The molecule has 1 N–H and O–H groups in total. The molecule has 2 unspecified atom stereocenters. The molecule has 2 fully saturated rings. The van der Waals surface area contributed by atoms with Gasteiger partial charge in [0.05, 0.1) is 17.4 Å². The maximum atomic E-state index is 13.5. The summed E-state index contributed by atoms with van der Waals surface area (Å²) in [5.41, 5.74) is -1.97. The number of alkyl halides is 3. The normalized spacial score (nSPS) is 22.3. The second kappa shape index (κ2) is 8.08. The molecule has 0 bridgehead atoms. The maximum absolute atomic E-state index is 13.5. The molecule has 166 valence electrons. The molecule has 1 aromatic carbocycles. The zero-order chi connectivity index (χ0) is 22.3. The van der Waals surface area contributed by atoms with Crippen LogP contribution < -0.4 is 5.43 Å². The van der Waals surface area contributed by atoms with E-state index in [1.54, 1.807) is 0 Å². The fourth-order valence-corrected chi connectivity index (χ4v) is 4.31. The summed E-state index contributed by atoms with van der Waals surface area (Å²) in [6.07, 6.45) is -3.59. The number of nitrogens with zero attached hydrogens (tertiary/aromatic N) is 4. The van der Waals surface area contributed by atoms with E-state index >= 15 is 0 Å². The van der Waals surface area contributed by atoms with Crippen molar-refractivity contribution in [3.63, 3.8) is 0 Å². The summed E-state index contributed by atoms with van der Waals surface area (Å²) in [6, 6.07) is 6.13. The predicted octanol–water partition coefficient (Wildman–Crippen LogP) is 1.84. The van der Waals surface area contributed by atoms with E-state index in [0.29, 0.717) is 32.5 Å². The van der Waals surface area contributed by atoms with E-state index in [-0.39, 0.29) is 23.5 Å². The van der Waals surface area contributed by atoms with Crippen molar-refractivity contribution < 1.29 is 23.1 Å². The highest BCUT2D eigenvalue weighted by Crippen LogP contribution is 2.33. The highest BCUT2D eigenvalue weighted by atomic mass is 19.4. The van der Waals surface area contributed by atoms with Crippen molar-refractivity contribution in [2.45, 2.75) is 38.1 Å². The number of para-hydroxylation sites is 1. The molecule has 0 radical (unpaired) electrons. The lowest BCUT2D eigenvalue weighted by atomic mass is 10.1. The van der Waals surface area contributed by atoms with Crippen molar-refractivity contribution >= 4 is 5.91 Å². The highest BCUT2D eigenvalue weighted by Gasteiger charge is 2.36. The van der Waals surface area contributed by atoms with Crippen LogP contribution in [0.1, 0.15) is 34.6 Å². The fraction of sp³-hybridized carbons (Fsp3) is 0.476. The lowest BCUT2D eigenvalue weighted by molar-refractivity contribution is -0.137. The maximum Gasteiger partial charge on any atom is 0.418 e. The van der Waals surface area contributed by atoms with E-state index in [2.05, 4.69) is 10.00 Å². The minimum absolute atomic E-state index is 0.0831. The minimum Gasteiger partial charge on any atom is -0.392 e. The average molecular weight is 436 g/mol. The number of aliphatic hydroxyl groups is 1. The van der Waals surface area contributed by atoms with Crippen LogP contribution in [0.25, 0.3) is 5.69 Å². The fourth-order valence-electron chi connectivity index (χ4n) is 4.31. The van der Waals surface area contributed by atoms with Crippen molar-refractivity contribution in [1.82, 2.24) is 19.6 Å². The molecule has 1 aromatic heterocycles. The molecule has 2 aliphatic rings. The van der Waals surface area contributed by atoms with E-state index in [9.17, 15) is 27.9 Å². The van der Waals surface area contributed by atoms with Gasteiger partial charge in [-0.2, -0.15) is 18.3 Å². The standard InChI is InChI=1S/C21H23F3N4O3/c1-13-10-18(30)19(25-28(13)17-5-3-2-4-16(17)21(22,23)24)20(31)27-8-6-14(11-27)26-9-7-15(29)12-26/h2-5,10,14-15,29H,6-9,11-12H2,1H3. The van der Waals surface area contributed by atoms with Crippen LogP contribution in [0.3, 0.4) is 0 Å². The van der Waals surface area contributed by atoms with Gasteiger partial charge in [-0.25, -0.2) is 4.68 Å². The second-order valence-corrected chi connectivity index (χ2v) is 8.06. The number of halogens is 3. The molecule has 31 heavy (non-hydrogen) atoms. The number of carbonyl (C=O) groups excluding carboxylic acids is 1. The van der Waals surface area contributed by atoms with Gasteiger partial charge in [-0.15, -0.1) is 0 Å². The van der Waals surface area contributed by atoms with Gasteiger partial charge in [0.2, 0.25) is 5.43 Å². The first kappa shape index (κ1) is 21.5. The van der Waals surface area contributed by atoms with Crippen molar-refractivity contribution in [3.05, 3.63) is 57.5 Å². The smallest absolute Gasteiger partial charge is 0.392 e. The third kappa shape index (κ3) is 4.22. The Morgan fingerprint density at radius 2 is 1.90 bits per heavy atom. The zero-order valence-corrected chi connectivity index (χ0v) is 17.0. The van der Waals surface area contributed by atoms with Crippen molar-refractivity contribution in [3.8, 4) is 5.69 Å². The number of amides is 1. The quantitative estimate of drug-likeness (QED) is 0.795. The molecular formula is C21H23F3N4O3. The number of aromatic nitrogens is 2. The molecule has 10 heteroatoms. The van der Waals surface area contributed by atoms with Crippen molar-refractivity contribution in [2.24, 2.45) is 0 Å². The largest absolute Gasteiger partial charge is 0.418 e. The van der Waals surface area contributed by atoms with E-state index < -0.39 is 28.8 Å². The minimum atomic E-state index is -4.61. The highest BCUT2D eigenvalue weighted by molar-refractivity contribution is 5.92. The Bertz CT molecular complexity index is 1050.